The molecule has 1 fully saturated rings. The molecule has 4 N–H and O–H groups in total. The molecule has 2 amide bonds. The van der Waals surface area contributed by atoms with Gasteiger partial charge in [-0.2, -0.15) is 0 Å². The van der Waals surface area contributed by atoms with Crippen LogP contribution in [0.5, 0.6) is 0 Å². The largest absolute Gasteiger partial charge is 0.477 e. The van der Waals surface area contributed by atoms with Gasteiger partial charge in [-0.05, 0) is 17.4 Å². The fraction of sp³-hybridized carbons (Fsp3) is 0.214. The first-order chi connectivity index (χ1) is 20.8. The Morgan fingerprint density at radius 1 is 1.16 bits per heavy atom. The van der Waals surface area contributed by atoms with Gasteiger partial charge >= 0.3 is 11.9 Å². The maximum atomic E-state index is 13.3. The number of esters is 1. The Balaban J connectivity index is 1.28. The number of anilines is 1. The molecule has 15 heteroatoms. The molecule has 43 heavy (non-hydrogen) atoms. The van der Waals surface area contributed by atoms with Gasteiger partial charge in [0.25, 0.3) is 11.8 Å². The molecule has 3 heterocycles. The third kappa shape index (κ3) is 6.53. The molecule has 2 unspecified atom stereocenters. The number of carbonyl (C=O) groups is 4. The van der Waals surface area contributed by atoms with E-state index in [0.717, 1.165) is 22.5 Å². The standard InChI is InChI=1S/C28H25N5O7S3/c1-41-18-14-42-26-21(25(36)33(26)22(18)27(37)38)31-24(35)20(17-13-43-28(29)30-17)32-39-12-19(34)40-23(15-8-4-2-5-9-15)16-10-6-3-7-11-16/h2-11,13,21,23,26H,12,14H2,1H3,(H2,29,30)(H,31,35)(H,37,38)/b32-20+. The normalized spacial score (nSPS) is 18.1. The Bertz CT molecular complexity index is 1560. The average molecular weight is 640 g/mol. The molecular weight excluding hydrogens is 615 g/mol. The number of aliphatic carboxylic acids is 1. The van der Waals surface area contributed by atoms with E-state index in [-0.39, 0.29) is 22.2 Å². The van der Waals surface area contributed by atoms with Gasteiger partial charge in [-0.3, -0.25) is 14.5 Å². The van der Waals surface area contributed by atoms with E-state index in [0.29, 0.717) is 10.7 Å². The van der Waals surface area contributed by atoms with E-state index in [1.54, 1.807) is 6.26 Å². The van der Waals surface area contributed by atoms with E-state index < -0.39 is 47.9 Å². The van der Waals surface area contributed by atoms with Gasteiger partial charge in [-0.25, -0.2) is 14.6 Å². The molecule has 1 saturated heterocycles. The number of hydrogen-bond donors (Lipinski definition) is 3. The van der Waals surface area contributed by atoms with Crippen molar-refractivity contribution in [1.29, 1.82) is 0 Å². The van der Waals surface area contributed by atoms with Crippen LogP contribution < -0.4 is 11.1 Å². The number of carboxylic acid groups (broad SMARTS) is 1. The number of nitrogens with one attached hydrogen (secondary N) is 1. The summed E-state index contributed by atoms with van der Waals surface area (Å²) in [7, 11) is 0. The average Bonchev–Trinajstić information content (AvgIpc) is 3.46. The molecule has 0 saturated carbocycles. The van der Waals surface area contributed by atoms with Gasteiger partial charge in [0.05, 0.1) is 0 Å². The molecule has 2 atom stereocenters. The molecule has 222 valence electrons. The van der Waals surface area contributed by atoms with Crippen molar-refractivity contribution in [2.75, 3.05) is 24.3 Å². The second-order valence-electron chi connectivity index (χ2n) is 9.12. The number of rotatable bonds is 11. The van der Waals surface area contributed by atoms with Crippen molar-refractivity contribution in [3.63, 3.8) is 0 Å². The summed E-state index contributed by atoms with van der Waals surface area (Å²) in [6.07, 6.45) is 1.05. The number of hydrogen-bond acceptors (Lipinski definition) is 12. The Morgan fingerprint density at radius 2 is 1.81 bits per heavy atom. The summed E-state index contributed by atoms with van der Waals surface area (Å²) >= 11 is 3.66. The van der Waals surface area contributed by atoms with Crippen LogP contribution in [0.25, 0.3) is 0 Å². The van der Waals surface area contributed by atoms with Gasteiger partial charge in [0.1, 0.15) is 22.8 Å². The number of carboxylic acids is 1. The molecule has 1 aromatic heterocycles. The predicted octanol–water partition coefficient (Wildman–Crippen LogP) is 2.84. The lowest BCUT2D eigenvalue weighted by Crippen LogP contribution is -2.71. The van der Waals surface area contributed by atoms with Crippen LogP contribution in [0.4, 0.5) is 5.13 Å². The van der Waals surface area contributed by atoms with E-state index in [4.69, 9.17) is 15.3 Å². The number of oxime groups is 1. The summed E-state index contributed by atoms with van der Waals surface area (Å²) in [5, 5.41) is 17.2. The molecule has 3 aromatic rings. The van der Waals surface area contributed by atoms with Crippen LogP contribution in [0.1, 0.15) is 22.9 Å². The summed E-state index contributed by atoms with van der Waals surface area (Å²) in [5.41, 5.74) is 6.96. The van der Waals surface area contributed by atoms with Crippen LogP contribution in [-0.4, -0.2) is 74.5 Å². The predicted molar refractivity (Wildman–Crippen MR) is 163 cm³/mol. The number of nitrogens with zero attached hydrogens (tertiary/aromatic N) is 3. The van der Waals surface area contributed by atoms with Gasteiger partial charge in [-0.1, -0.05) is 65.8 Å². The number of thioether (sulfide) groups is 2. The first-order valence-corrected chi connectivity index (χ1v) is 15.9. The monoisotopic (exact) mass is 639 g/mol. The number of amides is 2. The molecule has 0 radical (unpaired) electrons. The summed E-state index contributed by atoms with van der Waals surface area (Å²) in [4.78, 5) is 62.0. The van der Waals surface area contributed by atoms with Crippen molar-refractivity contribution in [3.8, 4) is 0 Å². The minimum absolute atomic E-state index is 0.0792. The van der Waals surface area contributed by atoms with Gasteiger partial charge in [0.2, 0.25) is 6.61 Å². The third-order valence-corrected chi connectivity index (χ3v) is 9.41. The van der Waals surface area contributed by atoms with E-state index in [1.165, 1.54) is 33.8 Å². The lowest BCUT2D eigenvalue weighted by atomic mass is 10.0. The maximum Gasteiger partial charge on any atom is 0.353 e. The number of aromatic nitrogens is 1. The molecule has 2 aliphatic rings. The van der Waals surface area contributed by atoms with E-state index in [2.05, 4.69) is 15.5 Å². The van der Waals surface area contributed by atoms with Gasteiger partial charge in [0, 0.05) is 16.0 Å². The smallest absolute Gasteiger partial charge is 0.353 e. The maximum absolute atomic E-state index is 13.3. The molecular formula is C28H25N5O7S3. The Hall–Kier alpha value is -4.34. The summed E-state index contributed by atoms with van der Waals surface area (Å²) in [6, 6.07) is 17.4. The lowest BCUT2D eigenvalue weighted by Gasteiger charge is -2.49. The van der Waals surface area contributed by atoms with Gasteiger partial charge < -0.3 is 25.7 Å². The molecule has 0 aliphatic carbocycles. The van der Waals surface area contributed by atoms with Crippen LogP contribution in [-0.2, 0) is 28.8 Å². The minimum Gasteiger partial charge on any atom is -0.477 e. The van der Waals surface area contributed by atoms with Crippen LogP contribution in [0.15, 0.2) is 81.8 Å². The molecule has 0 spiro atoms. The number of ether oxygens (including phenoxy) is 1. The zero-order valence-electron chi connectivity index (χ0n) is 22.5. The summed E-state index contributed by atoms with van der Waals surface area (Å²) in [6.45, 7) is -0.620. The fourth-order valence-electron chi connectivity index (χ4n) is 4.46. The van der Waals surface area contributed by atoms with Crippen molar-refractivity contribution >= 4 is 69.5 Å². The van der Waals surface area contributed by atoms with Gasteiger partial charge in [0.15, 0.2) is 16.9 Å². The van der Waals surface area contributed by atoms with Crippen molar-refractivity contribution < 1.29 is 33.9 Å². The number of benzene rings is 2. The number of nitrogens with two attached hydrogens (primary N) is 1. The molecule has 5 rings (SSSR count). The zero-order chi connectivity index (χ0) is 30.5. The second kappa shape index (κ2) is 13.3. The highest BCUT2D eigenvalue weighted by Gasteiger charge is 2.54. The number of carbonyl (C=O) groups excluding carboxylic acids is 3. The van der Waals surface area contributed by atoms with Crippen LogP contribution in [0.3, 0.4) is 0 Å². The molecule has 2 aliphatic heterocycles. The topological polar surface area (TPSA) is 174 Å². The van der Waals surface area contributed by atoms with Crippen LogP contribution in [0, 0.1) is 0 Å². The third-order valence-electron chi connectivity index (χ3n) is 6.44. The van der Waals surface area contributed by atoms with Crippen LogP contribution in [0.2, 0.25) is 0 Å². The highest BCUT2D eigenvalue weighted by atomic mass is 32.2. The second-order valence-corrected chi connectivity index (χ2v) is 12.0. The number of nitrogen functional groups attached to an aromatic ring is 1. The Morgan fingerprint density at radius 3 is 2.37 bits per heavy atom. The van der Waals surface area contributed by atoms with Crippen molar-refractivity contribution in [3.05, 3.63) is 93.5 Å². The minimum atomic E-state index is -1.21. The van der Waals surface area contributed by atoms with Crippen molar-refractivity contribution in [2.24, 2.45) is 5.16 Å². The van der Waals surface area contributed by atoms with E-state index >= 15 is 0 Å². The van der Waals surface area contributed by atoms with E-state index in [1.807, 2.05) is 60.7 Å². The lowest BCUT2D eigenvalue weighted by molar-refractivity contribution is -0.153. The number of thiazole rings is 1. The number of fused-ring (bicyclic) bond motifs is 1. The fourth-order valence-corrected chi connectivity index (χ4v) is 7.25. The number of β-lactam (4-membered cyclic amide) rings is 1. The van der Waals surface area contributed by atoms with Crippen molar-refractivity contribution in [2.45, 2.75) is 17.5 Å². The zero-order valence-corrected chi connectivity index (χ0v) is 25.0. The van der Waals surface area contributed by atoms with Crippen molar-refractivity contribution in [1.82, 2.24) is 15.2 Å². The SMILES string of the molecule is CSC1=C(C(=O)O)N2C(=O)C(NC(=O)/C(=N/OCC(=O)OC(c3ccccc3)c3ccccc3)c3csc(N)n3)C2SC1. The summed E-state index contributed by atoms with van der Waals surface area (Å²) < 4.78 is 5.71. The molecule has 0 bridgehead atoms. The molecule has 12 nitrogen and oxygen atoms in total. The Kier molecular flexibility index (Phi) is 9.33. The molecule has 2 aromatic carbocycles. The first kappa shape index (κ1) is 30.1. The van der Waals surface area contributed by atoms with Crippen LogP contribution >= 0.6 is 34.9 Å². The van der Waals surface area contributed by atoms with E-state index in [9.17, 15) is 24.3 Å². The highest BCUT2D eigenvalue weighted by molar-refractivity contribution is 8.05. The quantitative estimate of drug-likeness (QED) is 0.122. The Labute approximate surface area is 258 Å². The highest BCUT2D eigenvalue weighted by Crippen LogP contribution is 2.42. The summed E-state index contributed by atoms with van der Waals surface area (Å²) in [5.74, 6) is -2.94. The first-order valence-electron chi connectivity index (χ1n) is 12.7. The van der Waals surface area contributed by atoms with Gasteiger partial charge in [-0.15, -0.1) is 34.9 Å².